The summed E-state index contributed by atoms with van der Waals surface area (Å²) in [4.78, 5) is 31.0. The maximum Gasteiger partial charge on any atom is 0.326 e. The highest BCUT2D eigenvalue weighted by atomic mass is 35.5. The van der Waals surface area contributed by atoms with Gasteiger partial charge in [0.15, 0.2) is 0 Å². The summed E-state index contributed by atoms with van der Waals surface area (Å²) < 4.78 is 0. The van der Waals surface area contributed by atoms with Crippen LogP contribution < -0.4 is 15.5 Å². The summed E-state index contributed by atoms with van der Waals surface area (Å²) in [5.74, 6) is -0.149. The molecule has 0 aromatic heterocycles. The lowest BCUT2D eigenvalue weighted by Gasteiger charge is -2.40. The third-order valence-corrected chi connectivity index (χ3v) is 9.56. The molecule has 4 aromatic rings. The molecule has 0 saturated carbocycles. The van der Waals surface area contributed by atoms with Crippen molar-refractivity contribution in [1.82, 2.24) is 0 Å². The Morgan fingerprint density at radius 3 is 2.39 bits per heavy atom. The highest BCUT2D eigenvalue weighted by Crippen LogP contribution is 2.44. The van der Waals surface area contributed by atoms with E-state index in [0.717, 1.165) is 21.0 Å². The van der Waals surface area contributed by atoms with Crippen LogP contribution in [0.3, 0.4) is 0 Å². The average Bonchev–Trinajstić information content (AvgIpc) is 3.00. The second-order valence-electron chi connectivity index (χ2n) is 9.54. The van der Waals surface area contributed by atoms with Gasteiger partial charge in [0.05, 0.1) is 17.0 Å². The maximum absolute atomic E-state index is 13.7. The first kappa shape index (κ1) is 27.3. The predicted molar refractivity (Wildman–Crippen MR) is 171 cm³/mol. The third kappa shape index (κ3) is 6.22. The van der Waals surface area contributed by atoms with Crippen molar-refractivity contribution in [1.29, 1.82) is 0 Å². The number of thioether (sulfide) groups is 2. The third-order valence-electron chi connectivity index (χ3n) is 6.75. The Kier molecular flexibility index (Phi) is 8.19. The first-order valence-electron chi connectivity index (χ1n) is 13.1. The van der Waals surface area contributed by atoms with Crippen LogP contribution in [0.4, 0.5) is 21.9 Å². The number of nitrogens with one attached hydrogen (secondary N) is 2. The van der Waals surface area contributed by atoms with Crippen molar-refractivity contribution in [3.63, 3.8) is 0 Å². The monoisotopic (exact) mass is 595 g/mol. The Morgan fingerprint density at radius 2 is 1.56 bits per heavy atom. The fourth-order valence-electron chi connectivity index (χ4n) is 4.83. The van der Waals surface area contributed by atoms with E-state index in [1.807, 2.05) is 89.8 Å². The van der Waals surface area contributed by atoms with E-state index in [-0.39, 0.29) is 23.2 Å². The highest BCUT2D eigenvalue weighted by molar-refractivity contribution is 8.00. The summed E-state index contributed by atoms with van der Waals surface area (Å²) in [5, 5.41) is 6.35. The number of nitrogens with zero attached hydrogens (tertiary/aromatic N) is 1. The fraction of sp³-hybridized carbons (Fsp3) is 0.0909. The van der Waals surface area contributed by atoms with Gasteiger partial charge >= 0.3 is 6.03 Å². The van der Waals surface area contributed by atoms with Gasteiger partial charge in [-0.2, -0.15) is 0 Å². The topological polar surface area (TPSA) is 61.4 Å². The zero-order valence-corrected chi connectivity index (χ0v) is 24.2. The predicted octanol–water partition coefficient (Wildman–Crippen LogP) is 8.82. The quantitative estimate of drug-likeness (QED) is 0.219. The van der Waals surface area contributed by atoms with Crippen LogP contribution >= 0.6 is 35.1 Å². The Hall–Kier alpha value is -3.91. The summed E-state index contributed by atoms with van der Waals surface area (Å²) >= 11 is 9.22. The van der Waals surface area contributed by atoms with Crippen molar-refractivity contribution in [2.24, 2.45) is 0 Å². The molecule has 3 unspecified atom stereocenters. The molecule has 0 fully saturated rings. The molecular weight excluding hydrogens is 570 g/mol. The van der Waals surface area contributed by atoms with E-state index in [4.69, 9.17) is 11.6 Å². The molecule has 0 radical (unpaired) electrons. The van der Waals surface area contributed by atoms with Gasteiger partial charge < -0.3 is 10.6 Å². The number of halogens is 1. The number of hydrogen-bond acceptors (Lipinski definition) is 4. The Labute approximate surface area is 252 Å². The van der Waals surface area contributed by atoms with E-state index in [1.165, 1.54) is 11.8 Å². The zero-order valence-electron chi connectivity index (χ0n) is 21.8. The number of benzene rings is 4. The summed E-state index contributed by atoms with van der Waals surface area (Å²) in [6.07, 6.45) is 8.24. The van der Waals surface area contributed by atoms with Crippen molar-refractivity contribution in [2.45, 2.75) is 26.3 Å². The van der Waals surface area contributed by atoms with Crippen LogP contribution in [0.15, 0.2) is 137 Å². The lowest BCUT2D eigenvalue weighted by molar-refractivity contribution is -0.115. The zero-order chi connectivity index (χ0) is 28.2. The number of rotatable bonds is 6. The summed E-state index contributed by atoms with van der Waals surface area (Å²) in [6, 6.07) is 32.0. The van der Waals surface area contributed by atoms with E-state index < -0.39 is 5.25 Å². The first-order valence-corrected chi connectivity index (χ1v) is 15.3. The van der Waals surface area contributed by atoms with Gasteiger partial charge in [-0.1, -0.05) is 84.4 Å². The summed E-state index contributed by atoms with van der Waals surface area (Å²) in [6.45, 7) is 0. The van der Waals surface area contributed by atoms with E-state index in [9.17, 15) is 9.59 Å². The molecule has 0 bridgehead atoms. The van der Waals surface area contributed by atoms with Gasteiger partial charge in [0, 0.05) is 26.2 Å². The van der Waals surface area contributed by atoms with Crippen LogP contribution in [-0.2, 0) is 4.79 Å². The minimum Gasteiger partial charge on any atom is -0.325 e. The van der Waals surface area contributed by atoms with Gasteiger partial charge in [-0.3, -0.25) is 9.69 Å². The lowest BCUT2D eigenvalue weighted by Crippen LogP contribution is -2.49. The molecule has 1 heterocycles. The van der Waals surface area contributed by atoms with E-state index in [1.54, 1.807) is 36.0 Å². The molecule has 2 aliphatic rings. The van der Waals surface area contributed by atoms with Crippen LogP contribution in [0.5, 0.6) is 0 Å². The van der Waals surface area contributed by atoms with Gasteiger partial charge in [-0.25, -0.2) is 4.79 Å². The molecule has 4 aromatic carbocycles. The lowest BCUT2D eigenvalue weighted by atomic mass is 10.1. The molecule has 1 aliphatic carbocycles. The van der Waals surface area contributed by atoms with Crippen LogP contribution in [0.25, 0.3) is 0 Å². The van der Waals surface area contributed by atoms with Gasteiger partial charge in [0.1, 0.15) is 5.25 Å². The number of para-hydroxylation sites is 1. The van der Waals surface area contributed by atoms with Crippen molar-refractivity contribution in [3.05, 3.63) is 138 Å². The van der Waals surface area contributed by atoms with E-state index >= 15 is 0 Å². The number of carbonyl (C=O) groups is 2. The average molecular weight is 596 g/mol. The molecule has 0 saturated heterocycles. The smallest absolute Gasteiger partial charge is 0.325 e. The Balaban J connectivity index is 1.23. The van der Waals surface area contributed by atoms with E-state index in [2.05, 4.69) is 28.9 Å². The normalized spacial score (nSPS) is 17.7. The largest absolute Gasteiger partial charge is 0.326 e. The van der Waals surface area contributed by atoms with Crippen molar-refractivity contribution in [2.75, 3.05) is 15.5 Å². The highest BCUT2D eigenvalue weighted by Gasteiger charge is 2.36. The number of allylic oxidation sites excluding steroid dienone is 2. The molecule has 1 aliphatic heterocycles. The molecule has 5 nitrogen and oxygen atoms in total. The SMILES string of the molecule is O=C(Nc1ccc(Cl)cc1)C(Sc1cccc(NC(=O)N2c3ccccc3SC3C=CC=CC32)c1)c1ccccc1. The van der Waals surface area contributed by atoms with Crippen LogP contribution in [-0.4, -0.2) is 23.2 Å². The number of anilines is 3. The van der Waals surface area contributed by atoms with Crippen LogP contribution in [0.1, 0.15) is 10.8 Å². The second kappa shape index (κ2) is 12.3. The van der Waals surface area contributed by atoms with Gasteiger partial charge in [-0.15, -0.1) is 23.5 Å². The molecule has 6 rings (SSSR count). The van der Waals surface area contributed by atoms with Crippen LogP contribution in [0, 0.1) is 0 Å². The molecule has 2 N–H and O–H groups in total. The summed E-state index contributed by atoms with van der Waals surface area (Å²) in [7, 11) is 0. The van der Waals surface area contributed by atoms with Gasteiger partial charge in [0.2, 0.25) is 5.91 Å². The molecule has 3 amide bonds. The molecule has 41 heavy (non-hydrogen) atoms. The van der Waals surface area contributed by atoms with Gasteiger partial charge in [-0.05, 0) is 60.2 Å². The van der Waals surface area contributed by atoms with Crippen molar-refractivity contribution in [3.8, 4) is 0 Å². The first-order chi connectivity index (χ1) is 20.0. The minimum atomic E-state index is -0.510. The number of urea groups is 1. The number of fused-ring (bicyclic) bond motifs is 2. The van der Waals surface area contributed by atoms with Gasteiger partial charge in [0.25, 0.3) is 0 Å². The molecule has 0 spiro atoms. The second-order valence-corrected chi connectivity index (χ2v) is 12.4. The van der Waals surface area contributed by atoms with Crippen LogP contribution in [0.2, 0.25) is 5.02 Å². The molecule has 204 valence electrons. The van der Waals surface area contributed by atoms with E-state index in [0.29, 0.717) is 16.4 Å². The standard InChI is InChI=1S/C33H26ClN3O2S2/c34-23-17-19-24(20-18-23)35-32(38)31(22-9-2-1-3-10-22)40-26-12-8-11-25(21-26)36-33(39)37-27-13-4-6-15-29(27)41-30-16-7-5-14-28(30)37/h1-21,27,29,31H,(H,35,38)(H,36,39). The maximum atomic E-state index is 13.7. The minimum absolute atomic E-state index is 0.0866. The van der Waals surface area contributed by atoms with Crippen molar-refractivity contribution >= 4 is 64.1 Å². The molecule has 3 atom stereocenters. The number of carbonyl (C=O) groups excluding carboxylic acids is 2. The number of hydrogen-bond donors (Lipinski definition) is 2. The number of amides is 3. The van der Waals surface area contributed by atoms with Crippen molar-refractivity contribution < 1.29 is 9.59 Å². The fourth-order valence-corrected chi connectivity index (χ4v) is 7.30. The summed E-state index contributed by atoms with van der Waals surface area (Å²) in [5.41, 5.74) is 3.10. The molecular formula is C33H26ClN3O2S2. The molecule has 8 heteroatoms. The Bertz CT molecular complexity index is 1630. The Morgan fingerprint density at radius 1 is 0.805 bits per heavy atom.